The summed E-state index contributed by atoms with van der Waals surface area (Å²) in [6.07, 6.45) is 6.28. The average Bonchev–Trinajstić information content (AvgIpc) is 2.96. The van der Waals surface area contributed by atoms with Crippen LogP contribution in [0.15, 0.2) is 47.4 Å². The number of nitrogens with zero attached hydrogens (tertiary/aromatic N) is 2. The number of hydrogen-bond donors (Lipinski definition) is 2. The normalized spacial score (nSPS) is 21.6. The fourth-order valence-corrected chi connectivity index (χ4v) is 6.91. The van der Waals surface area contributed by atoms with E-state index in [0.717, 1.165) is 6.54 Å². The Morgan fingerprint density at radius 2 is 1.82 bits per heavy atom. The second-order valence-corrected chi connectivity index (χ2v) is 13.6. The second-order valence-electron chi connectivity index (χ2n) is 11.5. The number of ether oxygens (including phenoxy) is 1. The Balaban J connectivity index is 1.60. The number of anilines is 1. The monoisotopic (exact) mass is 591 g/mol. The number of carbonyl (C=O) groups excluding carboxylic acids is 1. The van der Waals surface area contributed by atoms with E-state index in [1.807, 2.05) is 6.92 Å². The van der Waals surface area contributed by atoms with Gasteiger partial charge in [0.05, 0.1) is 24.0 Å². The third kappa shape index (κ3) is 7.90. The third-order valence-electron chi connectivity index (χ3n) is 8.08. The topological polar surface area (TPSA) is 99.2 Å². The minimum absolute atomic E-state index is 0.0146. The Morgan fingerprint density at radius 3 is 2.50 bits per heavy atom. The lowest BCUT2D eigenvalue weighted by molar-refractivity contribution is -0.134. The van der Waals surface area contributed by atoms with Gasteiger partial charge in [-0.25, -0.2) is 8.42 Å². The summed E-state index contributed by atoms with van der Waals surface area (Å²) in [4.78, 5) is 17.6. The molecule has 1 saturated carbocycles. The van der Waals surface area contributed by atoms with Gasteiger partial charge >= 0.3 is 0 Å². The molecule has 0 spiro atoms. The molecule has 2 aliphatic rings. The lowest BCUT2D eigenvalue weighted by atomic mass is 9.89. The standard InChI is InChI=1S/C30H42ClN3O5S/c1-21-17-34(22(2)20-35)30(36)16-24-15-26(32-40(37,38)27-12-9-25(31)10-13-27)11-14-28(24)39-29(21)19-33(3)18-23-7-5-4-6-8-23/h9-15,21-23,29,32,35H,4-8,16-20H2,1-3H3/t21-,22-,29-/m0/s1. The van der Waals surface area contributed by atoms with Crippen LogP contribution < -0.4 is 9.46 Å². The van der Waals surface area contributed by atoms with Gasteiger partial charge < -0.3 is 19.6 Å². The molecule has 220 valence electrons. The summed E-state index contributed by atoms with van der Waals surface area (Å²) in [5.74, 6) is 1.15. The van der Waals surface area contributed by atoms with Gasteiger partial charge in [-0.1, -0.05) is 37.8 Å². The summed E-state index contributed by atoms with van der Waals surface area (Å²) < 4.78 is 35.2. The molecule has 8 nitrogen and oxygen atoms in total. The molecular formula is C30H42ClN3O5S. The summed E-state index contributed by atoms with van der Waals surface area (Å²) in [6.45, 7) is 5.97. The van der Waals surface area contributed by atoms with Gasteiger partial charge in [-0.3, -0.25) is 9.52 Å². The van der Waals surface area contributed by atoms with Crippen LogP contribution in [0.2, 0.25) is 5.02 Å². The van der Waals surface area contributed by atoms with Crippen molar-refractivity contribution in [3.05, 3.63) is 53.1 Å². The molecular weight excluding hydrogens is 550 g/mol. The Kier molecular flexibility index (Phi) is 10.4. The number of aliphatic hydroxyl groups excluding tert-OH is 1. The molecule has 4 rings (SSSR count). The molecule has 1 aliphatic carbocycles. The highest BCUT2D eigenvalue weighted by molar-refractivity contribution is 7.92. The van der Waals surface area contributed by atoms with Crippen molar-refractivity contribution in [2.75, 3.05) is 38.0 Å². The highest BCUT2D eigenvalue weighted by Crippen LogP contribution is 2.31. The summed E-state index contributed by atoms with van der Waals surface area (Å²) in [6, 6.07) is 10.7. The van der Waals surface area contributed by atoms with E-state index < -0.39 is 10.0 Å². The highest BCUT2D eigenvalue weighted by Gasteiger charge is 2.31. The predicted octanol–water partition coefficient (Wildman–Crippen LogP) is 4.80. The zero-order chi connectivity index (χ0) is 28.9. The van der Waals surface area contributed by atoms with Crippen molar-refractivity contribution in [3.8, 4) is 5.75 Å². The Bertz CT molecular complexity index is 1250. The number of aliphatic hydroxyl groups is 1. The van der Waals surface area contributed by atoms with Gasteiger partial charge in [0.2, 0.25) is 5.91 Å². The molecule has 1 amide bonds. The van der Waals surface area contributed by atoms with Crippen LogP contribution in [-0.4, -0.2) is 74.7 Å². The van der Waals surface area contributed by atoms with Gasteiger partial charge in [0, 0.05) is 41.8 Å². The van der Waals surface area contributed by atoms with E-state index in [1.165, 1.54) is 56.4 Å². The number of sulfonamides is 1. The van der Waals surface area contributed by atoms with Crippen LogP contribution >= 0.6 is 11.6 Å². The van der Waals surface area contributed by atoms with E-state index in [0.29, 0.717) is 41.0 Å². The van der Waals surface area contributed by atoms with E-state index in [4.69, 9.17) is 16.3 Å². The molecule has 1 aliphatic heterocycles. The predicted molar refractivity (Wildman–Crippen MR) is 158 cm³/mol. The van der Waals surface area contributed by atoms with Gasteiger partial charge in [-0.15, -0.1) is 0 Å². The first-order chi connectivity index (χ1) is 19.1. The Morgan fingerprint density at radius 1 is 1.12 bits per heavy atom. The van der Waals surface area contributed by atoms with Crippen LogP contribution in [0, 0.1) is 11.8 Å². The quantitative estimate of drug-likeness (QED) is 0.435. The van der Waals surface area contributed by atoms with Crippen molar-refractivity contribution in [3.63, 3.8) is 0 Å². The van der Waals surface area contributed by atoms with E-state index in [2.05, 4.69) is 23.6 Å². The van der Waals surface area contributed by atoms with Crippen molar-refractivity contribution in [2.45, 2.75) is 69.4 Å². The molecule has 2 N–H and O–H groups in total. The van der Waals surface area contributed by atoms with E-state index in [1.54, 1.807) is 23.1 Å². The molecule has 40 heavy (non-hydrogen) atoms. The summed E-state index contributed by atoms with van der Waals surface area (Å²) in [5.41, 5.74) is 0.940. The van der Waals surface area contributed by atoms with Crippen LogP contribution in [-0.2, 0) is 21.2 Å². The number of likely N-dealkylation sites (N-methyl/N-ethyl adjacent to an activating group) is 1. The third-order valence-corrected chi connectivity index (χ3v) is 9.73. The van der Waals surface area contributed by atoms with E-state index in [-0.39, 0.29) is 41.9 Å². The maximum atomic E-state index is 13.5. The van der Waals surface area contributed by atoms with Gasteiger partial charge in [0.25, 0.3) is 10.0 Å². The molecule has 2 aromatic carbocycles. The molecule has 1 fully saturated rings. The van der Waals surface area contributed by atoms with Crippen molar-refractivity contribution < 1.29 is 23.1 Å². The zero-order valence-electron chi connectivity index (χ0n) is 23.7. The number of amides is 1. The largest absolute Gasteiger partial charge is 0.488 e. The molecule has 0 bridgehead atoms. The average molecular weight is 592 g/mol. The fourth-order valence-electron chi connectivity index (χ4n) is 5.73. The van der Waals surface area contributed by atoms with Gasteiger partial charge in [-0.2, -0.15) is 0 Å². The van der Waals surface area contributed by atoms with Crippen LogP contribution in [0.3, 0.4) is 0 Å². The lowest BCUT2D eigenvalue weighted by Gasteiger charge is -2.35. The Labute approximate surface area is 243 Å². The number of benzene rings is 2. The first-order valence-electron chi connectivity index (χ1n) is 14.2. The smallest absolute Gasteiger partial charge is 0.261 e. The first kappa shape index (κ1) is 30.6. The maximum absolute atomic E-state index is 13.5. The van der Waals surface area contributed by atoms with Crippen molar-refractivity contribution in [1.82, 2.24) is 9.80 Å². The van der Waals surface area contributed by atoms with E-state index >= 15 is 0 Å². The lowest BCUT2D eigenvalue weighted by Crippen LogP contribution is -2.48. The molecule has 0 unspecified atom stereocenters. The molecule has 3 atom stereocenters. The summed E-state index contributed by atoms with van der Waals surface area (Å²) in [5, 5.41) is 10.3. The van der Waals surface area contributed by atoms with E-state index in [9.17, 15) is 18.3 Å². The minimum atomic E-state index is -3.86. The number of halogens is 1. The fraction of sp³-hybridized carbons (Fsp3) is 0.567. The number of rotatable bonds is 9. The molecule has 2 aromatic rings. The highest BCUT2D eigenvalue weighted by atomic mass is 35.5. The molecule has 0 saturated heterocycles. The Hall–Kier alpha value is -2.33. The van der Waals surface area contributed by atoms with Crippen molar-refractivity contribution >= 4 is 33.2 Å². The number of nitrogens with one attached hydrogen (secondary N) is 1. The first-order valence-corrected chi connectivity index (χ1v) is 16.1. The molecule has 1 heterocycles. The zero-order valence-corrected chi connectivity index (χ0v) is 25.3. The maximum Gasteiger partial charge on any atom is 0.261 e. The van der Waals surface area contributed by atoms with Gasteiger partial charge in [0.15, 0.2) is 0 Å². The van der Waals surface area contributed by atoms with Crippen LogP contribution in [0.1, 0.15) is 51.5 Å². The molecule has 0 aromatic heterocycles. The summed E-state index contributed by atoms with van der Waals surface area (Å²) in [7, 11) is -1.72. The SMILES string of the molecule is C[C@H]1CN([C@@H](C)CO)C(=O)Cc2cc(NS(=O)(=O)c3ccc(Cl)cc3)ccc2O[C@H]1CN(C)CC1CCCCC1. The van der Waals surface area contributed by atoms with Crippen LogP contribution in [0.25, 0.3) is 0 Å². The van der Waals surface area contributed by atoms with Crippen molar-refractivity contribution in [1.29, 1.82) is 0 Å². The number of fused-ring (bicyclic) bond motifs is 1. The summed E-state index contributed by atoms with van der Waals surface area (Å²) >= 11 is 5.92. The number of hydrogen-bond acceptors (Lipinski definition) is 6. The van der Waals surface area contributed by atoms with Crippen LogP contribution in [0.4, 0.5) is 5.69 Å². The van der Waals surface area contributed by atoms with Gasteiger partial charge in [-0.05, 0) is 75.2 Å². The second kappa shape index (κ2) is 13.6. The minimum Gasteiger partial charge on any atom is -0.488 e. The van der Waals surface area contributed by atoms with Crippen molar-refractivity contribution in [2.24, 2.45) is 11.8 Å². The van der Waals surface area contributed by atoms with Gasteiger partial charge in [0.1, 0.15) is 11.9 Å². The van der Waals surface area contributed by atoms with Crippen LogP contribution in [0.5, 0.6) is 5.75 Å². The molecule has 0 radical (unpaired) electrons. The number of carbonyl (C=O) groups is 1. The molecule has 10 heteroatoms.